The summed E-state index contributed by atoms with van der Waals surface area (Å²) in [5, 5.41) is 3.89. The molecule has 1 amide bonds. The molecule has 2 rings (SSSR count). The Labute approximate surface area is 134 Å². The highest BCUT2D eigenvalue weighted by Gasteiger charge is 2.18. The van der Waals surface area contributed by atoms with E-state index in [4.69, 9.17) is 0 Å². The lowest BCUT2D eigenvalue weighted by Crippen LogP contribution is -2.31. The van der Waals surface area contributed by atoms with Gasteiger partial charge in [-0.15, -0.1) is 0 Å². The summed E-state index contributed by atoms with van der Waals surface area (Å²) in [6.07, 6.45) is 2.68. The summed E-state index contributed by atoms with van der Waals surface area (Å²) >= 11 is 3.64. The maximum absolute atomic E-state index is 12.4. The van der Waals surface area contributed by atoms with Gasteiger partial charge in [0.1, 0.15) is 0 Å². The molecule has 1 aromatic heterocycles. The second-order valence-corrected chi connectivity index (χ2v) is 7.74. The first-order valence-electron chi connectivity index (χ1n) is 7.13. The van der Waals surface area contributed by atoms with Crippen LogP contribution in [0.3, 0.4) is 0 Å². The maximum atomic E-state index is 12.4. The van der Waals surface area contributed by atoms with E-state index in [2.05, 4.69) is 47.0 Å². The molecule has 0 radical (unpaired) electrons. The molecule has 0 aliphatic carbocycles. The van der Waals surface area contributed by atoms with Crippen LogP contribution >= 0.6 is 15.9 Å². The van der Waals surface area contributed by atoms with E-state index in [1.807, 2.05) is 24.3 Å². The normalized spacial score (nSPS) is 13.1. The summed E-state index contributed by atoms with van der Waals surface area (Å²) in [4.78, 5) is 16.9. The molecule has 1 aromatic carbocycles. The van der Waals surface area contributed by atoms with E-state index in [1.54, 1.807) is 12.3 Å². The van der Waals surface area contributed by atoms with Crippen molar-refractivity contribution >= 4 is 32.7 Å². The molecule has 1 heterocycles. The average Bonchev–Trinajstić information content (AvgIpc) is 2.42. The van der Waals surface area contributed by atoms with Crippen molar-refractivity contribution in [1.29, 1.82) is 0 Å². The van der Waals surface area contributed by atoms with Crippen molar-refractivity contribution in [3.8, 4) is 0 Å². The highest BCUT2D eigenvalue weighted by molar-refractivity contribution is 9.09. The lowest BCUT2D eigenvalue weighted by Gasteiger charge is -2.22. The number of halogens is 1. The zero-order valence-electron chi connectivity index (χ0n) is 12.7. The van der Waals surface area contributed by atoms with Gasteiger partial charge in [-0.3, -0.25) is 9.78 Å². The molecule has 3 nitrogen and oxygen atoms in total. The molecule has 0 saturated carbocycles. The number of aromatic nitrogens is 1. The molecule has 0 aliphatic heterocycles. The highest BCUT2D eigenvalue weighted by atomic mass is 79.9. The summed E-state index contributed by atoms with van der Waals surface area (Å²) in [6, 6.07) is 9.46. The summed E-state index contributed by atoms with van der Waals surface area (Å²) in [7, 11) is 0. The summed E-state index contributed by atoms with van der Waals surface area (Å²) in [6.45, 7) is 7.20. The van der Waals surface area contributed by atoms with Gasteiger partial charge in [0.05, 0.1) is 11.1 Å². The Morgan fingerprint density at radius 1 is 1.29 bits per heavy atom. The van der Waals surface area contributed by atoms with Crippen LogP contribution in [0, 0.1) is 5.41 Å². The number of amides is 1. The Hall–Kier alpha value is -1.42. The van der Waals surface area contributed by atoms with E-state index in [-0.39, 0.29) is 16.1 Å². The van der Waals surface area contributed by atoms with Crippen LogP contribution in [0.2, 0.25) is 0 Å². The Bertz CT molecular complexity index is 629. The van der Waals surface area contributed by atoms with Crippen molar-refractivity contribution in [2.75, 3.05) is 6.54 Å². The Morgan fingerprint density at radius 2 is 2.00 bits per heavy atom. The van der Waals surface area contributed by atoms with Crippen LogP contribution in [0.5, 0.6) is 0 Å². The number of nitrogens with one attached hydrogen (secondary N) is 1. The van der Waals surface area contributed by atoms with Crippen molar-refractivity contribution < 1.29 is 4.79 Å². The van der Waals surface area contributed by atoms with Crippen molar-refractivity contribution in [3.05, 3.63) is 42.1 Å². The molecular formula is C17H21BrN2O. The molecule has 1 unspecified atom stereocenters. The fourth-order valence-corrected chi connectivity index (χ4v) is 3.46. The number of alkyl halides is 1. The van der Waals surface area contributed by atoms with Crippen molar-refractivity contribution in [2.24, 2.45) is 5.41 Å². The third-order valence-electron chi connectivity index (χ3n) is 3.21. The van der Waals surface area contributed by atoms with Crippen LogP contribution in [0.15, 0.2) is 36.5 Å². The number of carbonyl (C=O) groups excluding carboxylic acids is 1. The molecule has 0 spiro atoms. The Balaban J connectivity index is 2.06. The van der Waals surface area contributed by atoms with E-state index in [0.717, 1.165) is 17.3 Å². The number of rotatable bonds is 4. The highest BCUT2D eigenvalue weighted by Crippen LogP contribution is 2.24. The predicted molar refractivity (Wildman–Crippen MR) is 90.9 cm³/mol. The van der Waals surface area contributed by atoms with Gasteiger partial charge in [-0.2, -0.15) is 0 Å². The Morgan fingerprint density at radius 3 is 2.71 bits per heavy atom. The molecule has 1 atom stereocenters. The largest absolute Gasteiger partial charge is 0.351 e. The lowest BCUT2D eigenvalue weighted by atomic mass is 9.90. The zero-order chi connectivity index (χ0) is 15.5. The van der Waals surface area contributed by atoms with Crippen LogP contribution in [0.4, 0.5) is 0 Å². The van der Waals surface area contributed by atoms with Crippen LogP contribution in [0.25, 0.3) is 10.9 Å². The Kier molecular flexibility index (Phi) is 4.99. The van der Waals surface area contributed by atoms with Gasteiger partial charge in [0, 0.05) is 23.0 Å². The second-order valence-electron chi connectivity index (χ2n) is 6.45. The third-order valence-corrected chi connectivity index (χ3v) is 3.86. The van der Waals surface area contributed by atoms with Crippen LogP contribution in [0.1, 0.15) is 37.6 Å². The molecule has 0 aliphatic rings. The minimum Gasteiger partial charge on any atom is -0.351 e. The number of carbonyl (C=O) groups is 1. The smallest absolute Gasteiger partial charge is 0.252 e. The quantitative estimate of drug-likeness (QED) is 0.842. The predicted octanol–water partition coefficient (Wildman–Crippen LogP) is 4.16. The molecule has 112 valence electrons. The molecular weight excluding hydrogens is 328 g/mol. The third kappa shape index (κ3) is 4.53. The molecule has 4 heteroatoms. The van der Waals surface area contributed by atoms with E-state index in [0.29, 0.717) is 12.1 Å². The van der Waals surface area contributed by atoms with E-state index in [1.165, 1.54) is 0 Å². The van der Waals surface area contributed by atoms with E-state index < -0.39 is 0 Å². The molecule has 0 bridgehead atoms. The minimum absolute atomic E-state index is 0.0491. The molecule has 21 heavy (non-hydrogen) atoms. The number of fused-ring (bicyclic) bond motifs is 1. The number of pyridine rings is 1. The molecule has 0 saturated heterocycles. The van der Waals surface area contributed by atoms with Gasteiger partial charge < -0.3 is 5.32 Å². The van der Waals surface area contributed by atoms with Crippen molar-refractivity contribution in [3.63, 3.8) is 0 Å². The van der Waals surface area contributed by atoms with Gasteiger partial charge in [0.2, 0.25) is 0 Å². The number of para-hydroxylation sites is 1. The SMILES string of the molecule is CC(C)(C)CC(Br)CNC(=O)c1ccnc2ccccc12. The average molecular weight is 349 g/mol. The van der Waals surface area contributed by atoms with Gasteiger partial charge in [0.15, 0.2) is 0 Å². The van der Waals surface area contributed by atoms with Gasteiger partial charge >= 0.3 is 0 Å². The standard InChI is InChI=1S/C17H21BrN2O/c1-17(2,3)10-12(18)11-20-16(21)14-8-9-19-15-7-5-4-6-13(14)15/h4-9,12H,10-11H2,1-3H3,(H,20,21). The van der Waals surface area contributed by atoms with Crippen molar-refractivity contribution in [2.45, 2.75) is 32.0 Å². The number of hydrogen-bond acceptors (Lipinski definition) is 2. The number of nitrogens with zero attached hydrogens (tertiary/aromatic N) is 1. The molecule has 0 fully saturated rings. The molecule has 1 N–H and O–H groups in total. The first-order chi connectivity index (χ1) is 9.87. The van der Waals surface area contributed by atoms with Gasteiger partial charge in [0.25, 0.3) is 5.91 Å². The van der Waals surface area contributed by atoms with Crippen LogP contribution < -0.4 is 5.32 Å². The second kappa shape index (κ2) is 6.56. The fourth-order valence-electron chi connectivity index (χ4n) is 2.33. The van der Waals surface area contributed by atoms with Gasteiger partial charge in [-0.1, -0.05) is 54.9 Å². The number of hydrogen-bond donors (Lipinski definition) is 1. The van der Waals surface area contributed by atoms with Crippen molar-refractivity contribution in [1.82, 2.24) is 10.3 Å². The summed E-state index contributed by atoms with van der Waals surface area (Å²) < 4.78 is 0. The number of benzene rings is 1. The minimum atomic E-state index is -0.0491. The topological polar surface area (TPSA) is 42.0 Å². The first kappa shape index (κ1) is 16.0. The van der Waals surface area contributed by atoms with Crippen LogP contribution in [-0.2, 0) is 0 Å². The maximum Gasteiger partial charge on any atom is 0.252 e. The first-order valence-corrected chi connectivity index (χ1v) is 8.04. The van der Waals surface area contributed by atoms with Gasteiger partial charge in [-0.05, 0) is 24.0 Å². The van der Waals surface area contributed by atoms with Crippen LogP contribution in [-0.4, -0.2) is 22.3 Å². The fraction of sp³-hybridized carbons (Fsp3) is 0.412. The van der Waals surface area contributed by atoms with Gasteiger partial charge in [-0.25, -0.2) is 0 Å². The lowest BCUT2D eigenvalue weighted by molar-refractivity contribution is 0.0954. The summed E-state index contributed by atoms with van der Waals surface area (Å²) in [5.41, 5.74) is 1.76. The van der Waals surface area contributed by atoms with E-state index in [9.17, 15) is 4.79 Å². The summed E-state index contributed by atoms with van der Waals surface area (Å²) in [5.74, 6) is -0.0491. The van der Waals surface area contributed by atoms with E-state index >= 15 is 0 Å². The molecule has 2 aromatic rings. The monoisotopic (exact) mass is 348 g/mol. The zero-order valence-corrected chi connectivity index (χ0v) is 14.3.